The lowest BCUT2D eigenvalue weighted by Crippen LogP contribution is -2.10. The second-order valence-corrected chi connectivity index (χ2v) is 6.41. The normalized spacial score (nSPS) is 10.5. The Bertz CT molecular complexity index is 1090. The molecule has 0 aliphatic heterocycles. The van der Waals surface area contributed by atoms with E-state index < -0.39 is 0 Å². The highest BCUT2D eigenvalue weighted by atomic mass is 19.1. The van der Waals surface area contributed by atoms with Gasteiger partial charge in [0.2, 0.25) is 0 Å². The summed E-state index contributed by atoms with van der Waals surface area (Å²) in [6, 6.07) is 26.6. The summed E-state index contributed by atoms with van der Waals surface area (Å²) < 4.78 is 24.0. The molecule has 0 aliphatic carbocycles. The van der Waals surface area contributed by atoms with Gasteiger partial charge in [0.25, 0.3) is 5.91 Å². The van der Waals surface area contributed by atoms with Crippen molar-refractivity contribution < 1.29 is 18.3 Å². The predicted octanol–water partition coefficient (Wildman–Crippen LogP) is 5.92. The zero-order valence-corrected chi connectivity index (χ0v) is 15.5. The Kier molecular flexibility index (Phi) is 5.38. The first kappa shape index (κ1) is 18.5. The first-order chi connectivity index (χ1) is 14.2. The average Bonchev–Trinajstić information content (AvgIpc) is 3.24. The van der Waals surface area contributed by atoms with Crippen molar-refractivity contribution in [2.45, 2.75) is 6.61 Å². The minimum Gasteiger partial charge on any atom is -0.486 e. The van der Waals surface area contributed by atoms with Crippen LogP contribution in [0.3, 0.4) is 0 Å². The molecule has 0 bridgehead atoms. The number of amides is 1. The summed E-state index contributed by atoms with van der Waals surface area (Å²) in [5.41, 5.74) is 2.86. The van der Waals surface area contributed by atoms with Crippen molar-refractivity contribution in [3.63, 3.8) is 0 Å². The van der Waals surface area contributed by atoms with Gasteiger partial charge in [-0.15, -0.1) is 0 Å². The van der Waals surface area contributed by atoms with Crippen LogP contribution in [0.4, 0.5) is 10.1 Å². The Labute approximate surface area is 167 Å². The number of hydrogen-bond acceptors (Lipinski definition) is 3. The fourth-order valence-corrected chi connectivity index (χ4v) is 2.83. The molecule has 4 aromatic rings. The van der Waals surface area contributed by atoms with Crippen LogP contribution in [-0.4, -0.2) is 5.91 Å². The molecule has 0 saturated carbocycles. The molecule has 5 heteroatoms. The minimum absolute atomic E-state index is 0.144. The molecule has 3 aromatic carbocycles. The van der Waals surface area contributed by atoms with E-state index in [2.05, 4.69) is 5.32 Å². The third kappa shape index (κ3) is 4.71. The SMILES string of the molecule is O=C(Nc1ccc(-c2ccccc2)cc1)c1ccc(COc2ccc(F)cc2)o1. The average molecular weight is 387 g/mol. The van der Waals surface area contributed by atoms with E-state index >= 15 is 0 Å². The molecule has 0 radical (unpaired) electrons. The largest absolute Gasteiger partial charge is 0.486 e. The third-order valence-corrected chi connectivity index (χ3v) is 4.33. The lowest BCUT2D eigenvalue weighted by atomic mass is 10.1. The van der Waals surface area contributed by atoms with E-state index in [0.717, 1.165) is 11.1 Å². The Morgan fingerprint density at radius 2 is 1.52 bits per heavy atom. The molecular weight excluding hydrogens is 369 g/mol. The van der Waals surface area contributed by atoms with Crippen LogP contribution in [0, 0.1) is 5.82 Å². The molecule has 1 amide bonds. The van der Waals surface area contributed by atoms with Crippen molar-refractivity contribution >= 4 is 11.6 Å². The van der Waals surface area contributed by atoms with E-state index in [1.54, 1.807) is 12.1 Å². The first-order valence-electron chi connectivity index (χ1n) is 9.11. The number of anilines is 1. The Hall–Kier alpha value is -3.86. The molecule has 0 spiro atoms. The Morgan fingerprint density at radius 1 is 0.828 bits per heavy atom. The van der Waals surface area contributed by atoms with E-state index in [-0.39, 0.29) is 24.1 Å². The van der Waals surface area contributed by atoms with Gasteiger partial charge in [-0.3, -0.25) is 4.79 Å². The van der Waals surface area contributed by atoms with Crippen molar-refractivity contribution in [1.82, 2.24) is 0 Å². The van der Waals surface area contributed by atoms with Crippen LogP contribution < -0.4 is 10.1 Å². The molecule has 0 unspecified atom stereocenters. The van der Waals surface area contributed by atoms with Gasteiger partial charge in [0.15, 0.2) is 5.76 Å². The number of hydrogen-bond donors (Lipinski definition) is 1. The van der Waals surface area contributed by atoms with Crippen LogP contribution in [0.5, 0.6) is 5.75 Å². The van der Waals surface area contributed by atoms with Crippen molar-refractivity contribution in [1.29, 1.82) is 0 Å². The lowest BCUT2D eigenvalue weighted by Gasteiger charge is -2.06. The highest BCUT2D eigenvalue weighted by Gasteiger charge is 2.12. The van der Waals surface area contributed by atoms with Crippen molar-refractivity contribution in [3.8, 4) is 16.9 Å². The van der Waals surface area contributed by atoms with Crippen molar-refractivity contribution in [2.75, 3.05) is 5.32 Å². The second-order valence-electron chi connectivity index (χ2n) is 6.41. The van der Waals surface area contributed by atoms with Crippen LogP contribution in [0.25, 0.3) is 11.1 Å². The molecule has 4 nitrogen and oxygen atoms in total. The van der Waals surface area contributed by atoms with E-state index in [0.29, 0.717) is 17.2 Å². The Balaban J connectivity index is 1.36. The maximum atomic E-state index is 12.9. The van der Waals surface area contributed by atoms with Gasteiger partial charge in [-0.05, 0) is 59.7 Å². The molecule has 144 valence electrons. The number of rotatable bonds is 6. The number of carbonyl (C=O) groups excluding carboxylic acids is 1. The smallest absolute Gasteiger partial charge is 0.291 e. The van der Waals surface area contributed by atoms with Crippen LogP contribution in [0.2, 0.25) is 0 Å². The van der Waals surface area contributed by atoms with E-state index in [1.165, 1.54) is 24.3 Å². The molecule has 1 aromatic heterocycles. The van der Waals surface area contributed by atoms with Crippen LogP contribution >= 0.6 is 0 Å². The molecular formula is C24H18FNO3. The number of benzene rings is 3. The minimum atomic E-state index is -0.342. The summed E-state index contributed by atoms with van der Waals surface area (Å²) in [6.45, 7) is 0.144. The highest BCUT2D eigenvalue weighted by Crippen LogP contribution is 2.22. The molecule has 0 saturated heterocycles. The zero-order valence-electron chi connectivity index (χ0n) is 15.5. The number of ether oxygens (including phenoxy) is 1. The topological polar surface area (TPSA) is 51.5 Å². The van der Waals surface area contributed by atoms with Gasteiger partial charge in [-0.1, -0.05) is 42.5 Å². The van der Waals surface area contributed by atoms with Gasteiger partial charge in [0.1, 0.15) is 23.9 Å². The van der Waals surface area contributed by atoms with Gasteiger partial charge in [-0.2, -0.15) is 0 Å². The Morgan fingerprint density at radius 3 is 2.24 bits per heavy atom. The molecule has 0 atom stereocenters. The predicted molar refractivity (Wildman–Crippen MR) is 109 cm³/mol. The maximum Gasteiger partial charge on any atom is 0.291 e. The standard InChI is InChI=1S/C24H18FNO3/c25-19-8-12-21(13-9-19)28-16-22-14-15-23(29-22)24(27)26-20-10-6-18(7-11-20)17-4-2-1-3-5-17/h1-15H,16H2,(H,26,27). The summed E-state index contributed by atoms with van der Waals surface area (Å²) in [4.78, 5) is 12.4. The number of nitrogens with one attached hydrogen (secondary N) is 1. The number of carbonyl (C=O) groups is 1. The van der Waals surface area contributed by atoms with E-state index in [1.807, 2.05) is 54.6 Å². The molecule has 29 heavy (non-hydrogen) atoms. The van der Waals surface area contributed by atoms with Gasteiger partial charge >= 0.3 is 0 Å². The van der Waals surface area contributed by atoms with Crippen LogP contribution in [0.1, 0.15) is 16.3 Å². The third-order valence-electron chi connectivity index (χ3n) is 4.33. The first-order valence-corrected chi connectivity index (χ1v) is 9.11. The van der Waals surface area contributed by atoms with E-state index in [9.17, 15) is 9.18 Å². The van der Waals surface area contributed by atoms with Gasteiger partial charge in [0.05, 0.1) is 0 Å². The van der Waals surface area contributed by atoms with Gasteiger partial charge in [-0.25, -0.2) is 4.39 Å². The number of halogens is 1. The van der Waals surface area contributed by atoms with Gasteiger partial charge < -0.3 is 14.5 Å². The molecule has 4 rings (SSSR count). The van der Waals surface area contributed by atoms with Crippen LogP contribution in [-0.2, 0) is 6.61 Å². The number of furan rings is 1. The summed E-state index contributed by atoms with van der Waals surface area (Å²) in [6.07, 6.45) is 0. The summed E-state index contributed by atoms with van der Waals surface area (Å²) >= 11 is 0. The quantitative estimate of drug-likeness (QED) is 0.447. The highest BCUT2D eigenvalue weighted by molar-refractivity contribution is 6.02. The molecule has 1 heterocycles. The zero-order chi connectivity index (χ0) is 20.1. The fourth-order valence-electron chi connectivity index (χ4n) is 2.83. The lowest BCUT2D eigenvalue weighted by molar-refractivity contribution is 0.0992. The van der Waals surface area contributed by atoms with Gasteiger partial charge in [0, 0.05) is 5.69 Å². The summed E-state index contributed by atoms with van der Waals surface area (Å²) in [5, 5.41) is 2.82. The fraction of sp³-hybridized carbons (Fsp3) is 0.0417. The van der Waals surface area contributed by atoms with Crippen molar-refractivity contribution in [3.05, 3.63) is 108 Å². The maximum absolute atomic E-state index is 12.9. The van der Waals surface area contributed by atoms with Crippen molar-refractivity contribution in [2.24, 2.45) is 0 Å². The second kappa shape index (κ2) is 8.44. The van der Waals surface area contributed by atoms with Crippen LogP contribution in [0.15, 0.2) is 95.4 Å². The molecule has 1 N–H and O–H groups in total. The molecule has 0 fully saturated rings. The summed E-state index contributed by atoms with van der Waals surface area (Å²) in [5.74, 6) is 0.539. The van der Waals surface area contributed by atoms with E-state index in [4.69, 9.17) is 9.15 Å². The summed E-state index contributed by atoms with van der Waals surface area (Å²) in [7, 11) is 0. The molecule has 0 aliphatic rings. The monoisotopic (exact) mass is 387 g/mol.